The molecule has 1 saturated carbocycles. The molecule has 1 amide bonds. The Kier molecular flexibility index (Phi) is 7.63. The van der Waals surface area contributed by atoms with Crippen molar-refractivity contribution in [1.29, 1.82) is 0 Å². The number of hydrogen-bond donors (Lipinski definition) is 1. The van der Waals surface area contributed by atoms with Gasteiger partial charge in [-0.05, 0) is 44.7 Å². The van der Waals surface area contributed by atoms with Gasteiger partial charge in [0.15, 0.2) is 0 Å². The number of carbonyl (C=O) groups excluding carboxylic acids is 1. The lowest BCUT2D eigenvalue weighted by Gasteiger charge is -2.35. The van der Waals surface area contributed by atoms with Gasteiger partial charge in [0.2, 0.25) is 17.6 Å². The third-order valence-corrected chi connectivity index (χ3v) is 6.91. The van der Waals surface area contributed by atoms with E-state index >= 15 is 0 Å². The number of aromatic nitrogens is 2. The fourth-order valence-electron chi connectivity index (χ4n) is 4.85. The van der Waals surface area contributed by atoms with Gasteiger partial charge in [-0.3, -0.25) is 9.69 Å². The zero-order valence-electron chi connectivity index (χ0n) is 17.9. The topological polar surface area (TPSA) is 74.5 Å². The van der Waals surface area contributed by atoms with Crippen molar-refractivity contribution in [2.45, 2.75) is 32.7 Å². The molecule has 1 atom stereocenters. The summed E-state index contributed by atoms with van der Waals surface area (Å²) in [6, 6.07) is 8.13. The predicted octanol–water partition coefficient (Wildman–Crippen LogP) is 2.92. The number of hydrogen-bond acceptors (Lipinski definition) is 6. The van der Waals surface area contributed by atoms with Gasteiger partial charge in [0.05, 0.1) is 6.54 Å². The molecule has 3 aliphatic rings. The van der Waals surface area contributed by atoms with Crippen molar-refractivity contribution in [1.82, 2.24) is 25.3 Å². The van der Waals surface area contributed by atoms with Crippen molar-refractivity contribution < 1.29 is 9.32 Å². The van der Waals surface area contributed by atoms with E-state index in [1.807, 2.05) is 12.1 Å². The minimum atomic E-state index is 0. The van der Waals surface area contributed by atoms with Crippen molar-refractivity contribution >= 4 is 30.7 Å². The van der Waals surface area contributed by atoms with Gasteiger partial charge in [0.1, 0.15) is 0 Å². The second-order valence-electron chi connectivity index (χ2n) is 8.85. The number of rotatable bonds is 4. The number of amides is 1. The van der Waals surface area contributed by atoms with Crippen LogP contribution in [-0.2, 0) is 11.3 Å². The number of piperidine rings is 1. The smallest absolute Gasteiger partial charge is 0.241 e. The third-order valence-electron chi connectivity index (χ3n) is 6.91. The van der Waals surface area contributed by atoms with E-state index in [1.165, 1.54) is 5.56 Å². The summed E-state index contributed by atoms with van der Waals surface area (Å²) >= 11 is 0. The Morgan fingerprint density at radius 2 is 1.81 bits per heavy atom. The second kappa shape index (κ2) is 9.86. The van der Waals surface area contributed by atoms with Crippen molar-refractivity contribution in [2.75, 3.05) is 39.3 Å². The number of carbonyl (C=O) groups is 1. The lowest BCUT2D eigenvalue weighted by Crippen LogP contribution is -2.49. The van der Waals surface area contributed by atoms with Crippen LogP contribution >= 0.6 is 24.8 Å². The van der Waals surface area contributed by atoms with Gasteiger partial charge in [-0.1, -0.05) is 35.0 Å². The SMILES string of the molecule is Cc1ccc(-c2noc(CN3CCN(C(=O)C4CC45CCNCC5)CC3)n2)cc1.Cl.Cl. The maximum absolute atomic E-state index is 12.9. The number of nitrogens with zero attached hydrogens (tertiary/aromatic N) is 4. The predicted molar refractivity (Wildman–Crippen MR) is 123 cm³/mol. The highest BCUT2D eigenvalue weighted by Gasteiger charge is 2.58. The zero-order chi connectivity index (χ0) is 19.8. The summed E-state index contributed by atoms with van der Waals surface area (Å²) in [6.07, 6.45) is 3.41. The molecule has 1 unspecified atom stereocenters. The molecule has 0 radical (unpaired) electrons. The summed E-state index contributed by atoms with van der Waals surface area (Å²) < 4.78 is 5.46. The summed E-state index contributed by atoms with van der Waals surface area (Å²) in [7, 11) is 0. The maximum Gasteiger partial charge on any atom is 0.241 e. The van der Waals surface area contributed by atoms with Crippen molar-refractivity contribution in [3.05, 3.63) is 35.7 Å². The zero-order valence-corrected chi connectivity index (χ0v) is 19.5. The van der Waals surface area contributed by atoms with E-state index in [2.05, 4.69) is 44.3 Å². The minimum absolute atomic E-state index is 0. The quantitative estimate of drug-likeness (QED) is 0.744. The lowest BCUT2D eigenvalue weighted by molar-refractivity contribution is -0.135. The fraction of sp³-hybridized carbons (Fsp3) is 0.591. The number of halogens is 2. The van der Waals surface area contributed by atoms with Crippen LogP contribution in [0.15, 0.2) is 28.8 Å². The number of piperazine rings is 1. The first-order chi connectivity index (χ1) is 14.1. The molecular formula is C22H31Cl2N5O2. The standard InChI is InChI=1S/C22H29N5O2.2ClH/c1-16-2-4-17(5-3-16)20-24-19(29-25-20)15-26-10-12-27(13-11-26)21(28)18-14-22(18)6-8-23-9-7-22;;/h2-5,18,23H,6-15H2,1H3;2*1H. The van der Waals surface area contributed by atoms with E-state index in [4.69, 9.17) is 4.52 Å². The number of benzene rings is 1. The average Bonchev–Trinajstić information content (AvgIpc) is 3.22. The van der Waals surface area contributed by atoms with E-state index in [0.717, 1.165) is 64.1 Å². The van der Waals surface area contributed by atoms with Crippen LogP contribution in [0.2, 0.25) is 0 Å². The van der Waals surface area contributed by atoms with Gasteiger partial charge in [-0.15, -0.1) is 24.8 Å². The van der Waals surface area contributed by atoms with Crippen molar-refractivity contribution in [3.63, 3.8) is 0 Å². The highest BCUT2D eigenvalue weighted by molar-refractivity contribution is 5.85. The molecule has 7 nitrogen and oxygen atoms in total. The first-order valence-electron chi connectivity index (χ1n) is 10.7. The van der Waals surface area contributed by atoms with Gasteiger partial charge in [-0.2, -0.15) is 4.98 Å². The lowest BCUT2D eigenvalue weighted by atomic mass is 9.91. The highest BCUT2D eigenvalue weighted by atomic mass is 35.5. The molecule has 1 spiro atoms. The Labute approximate surface area is 195 Å². The van der Waals surface area contributed by atoms with Crippen molar-refractivity contribution in [2.24, 2.45) is 11.3 Å². The van der Waals surface area contributed by atoms with Gasteiger partial charge in [0.25, 0.3) is 0 Å². The summed E-state index contributed by atoms with van der Waals surface area (Å²) in [5, 5.41) is 7.53. The van der Waals surface area contributed by atoms with E-state index in [-0.39, 0.29) is 30.7 Å². The summed E-state index contributed by atoms with van der Waals surface area (Å²) in [4.78, 5) is 21.8. The van der Waals surface area contributed by atoms with Crippen LogP contribution in [0, 0.1) is 18.3 Å². The molecule has 1 N–H and O–H groups in total. The van der Waals surface area contributed by atoms with E-state index in [9.17, 15) is 4.79 Å². The Hall–Kier alpha value is -1.67. The normalized spacial score (nSPS) is 22.5. The molecule has 9 heteroatoms. The third kappa shape index (κ3) is 5.06. The average molecular weight is 468 g/mol. The molecular weight excluding hydrogens is 437 g/mol. The fourth-order valence-corrected chi connectivity index (χ4v) is 4.85. The molecule has 1 aromatic carbocycles. The molecule has 31 heavy (non-hydrogen) atoms. The van der Waals surface area contributed by atoms with Gasteiger partial charge in [0, 0.05) is 37.7 Å². The van der Waals surface area contributed by atoms with Crippen LogP contribution in [0.4, 0.5) is 0 Å². The molecule has 1 aromatic heterocycles. The molecule has 2 aliphatic heterocycles. The van der Waals surface area contributed by atoms with Crippen LogP contribution in [-0.4, -0.2) is 65.1 Å². The van der Waals surface area contributed by atoms with Crippen LogP contribution in [0.25, 0.3) is 11.4 Å². The Morgan fingerprint density at radius 1 is 1.13 bits per heavy atom. The Morgan fingerprint density at radius 3 is 2.48 bits per heavy atom. The summed E-state index contributed by atoms with van der Waals surface area (Å²) in [6.45, 7) is 8.12. The highest BCUT2D eigenvalue weighted by Crippen LogP contribution is 2.59. The molecule has 2 saturated heterocycles. The number of aryl methyl sites for hydroxylation is 1. The molecule has 170 valence electrons. The Balaban J connectivity index is 0.00000136. The molecule has 0 bridgehead atoms. The molecule has 2 aromatic rings. The first-order valence-corrected chi connectivity index (χ1v) is 10.7. The maximum atomic E-state index is 12.9. The van der Waals surface area contributed by atoms with E-state index in [0.29, 0.717) is 29.6 Å². The monoisotopic (exact) mass is 467 g/mol. The van der Waals surface area contributed by atoms with Gasteiger partial charge in [-0.25, -0.2) is 0 Å². The second-order valence-corrected chi connectivity index (χ2v) is 8.85. The van der Waals surface area contributed by atoms with Crippen LogP contribution in [0.5, 0.6) is 0 Å². The minimum Gasteiger partial charge on any atom is -0.340 e. The number of nitrogens with one attached hydrogen (secondary N) is 1. The van der Waals surface area contributed by atoms with Gasteiger partial charge >= 0.3 is 0 Å². The largest absolute Gasteiger partial charge is 0.340 e. The van der Waals surface area contributed by atoms with Crippen molar-refractivity contribution in [3.8, 4) is 11.4 Å². The summed E-state index contributed by atoms with van der Waals surface area (Å²) in [5.74, 6) is 1.92. The summed E-state index contributed by atoms with van der Waals surface area (Å²) in [5.41, 5.74) is 2.50. The molecule has 3 heterocycles. The van der Waals surface area contributed by atoms with E-state index in [1.54, 1.807) is 0 Å². The molecule has 5 rings (SSSR count). The van der Waals surface area contributed by atoms with Crippen LogP contribution < -0.4 is 5.32 Å². The van der Waals surface area contributed by atoms with Gasteiger partial charge < -0.3 is 14.7 Å². The van der Waals surface area contributed by atoms with Crippen LogP contribution in [0.1, 0.15) is 30.7 Å². The molecule has 1 aliphatic carbocycles. The van der Waals surface area contributed by atoms with E-state index < -0.39 is 0 Å². The molecule has 3 fully saturated rings. The first kappa shape index (κ1) is 24.0. The van der Waals surface area contributed by atoms with Crippen LogP contribution in [0.3, 0.4) is 0 Å². The Bertz CT molecular complexity index is 874.